The molecule has 0 aliphatic carbocycles. The summed E-state index contributed by atoms with van der Waals surface area (Å²) in [6, 6.07) is -0.821. The summed E-state index contributed by atoms with van der Waals surface area (Å²) in [5.41, 5.74) is 0. The quantitative estimate of drug-likeness (QED) is 0.0324. The Balaban J connectivity index is 1.75. The van der Waals surface area contributed by atoms with Gasteiger partial charge in [0.1, 0.15) is 48.8 Å². The highest BCUT2D eigenvalue weighted by atomic mass is 16.7. The molecule has 0 spiro atoms. The largest absolute Gasteiger partial charge is 0.394 e. The second-order valence-corrected chi connectivity index (χ2v) is 16.5. The molecule has 2 fully saturated rings. The Morgan fingerprint density at radius 3 is 1.64 bits per heavy atom. The Bertz CT molecular complexity index is 1040. The molecule has 0 aromatic carbocycles. The number of unbranched alkanes of at least 4 members (excludes halogenated alkanes) is 19. The normalized spacial score (nSPS) is 28.9. The minimum Gasteiger partial charge on any atom is -0.394 e. The minimum atomic E-state index is -1.78. The van der Waals surface area contributed by atoms with E-state index in [1.807, 2.05) is 0 Å². The fourth-order valence-electron chi connectivity index (χ4n) is 7.64. The number of hydrogen-bond acceptors (Lipinski definition) is 13. The van der Waals surface area contributed by atoms with Crippen molar-refractivity contribution >= 4 is 5.91 Å². The number of carbonyl (C=O) groups excluding carboxylic acids is 1. The van der Waals surface area contributed by atoms with Gasteiger partial charge in [0.25, 0.3) is 0 Å². The predicted molar refractivity (Wildman–Crippen MR) is 222 cm³/mol. The Morgan fingerprint density at radius 1 is 0.603 bits per heavy atom. The van der Waals surface area contributed by atoms with E-state index in [1.54, 1.807) is 0 Å². The highest BCUT2D eigenvalue weighted by Crippen LogP contribution is 2.30. The first-order valence-electron chi connectivity index (χ1n) is 22.9. The number of aliphatic hydroxyl groups excluding tert-OH is 8. The van der Waals surface area contributed by atoms with Gasteiger partial charge in [-0.1, -0.05) is 135 Å². The average Bonchev–Trinajstić information content (AvgIpc) is 3.22. The van der Waals surface area contributed by atoms with Gasteiger partial charge in [0, 0.05) is 6.42 Å². The lowest BCUT2D eigenvalue weighted by Gasteiger charge is -2.46. The Hall–Kier alpha value is -1.27. The monoisotopic (exact) mass is 834 g/mol. The van der Waals surface area contributed by atoms with Crippen LogP contribution >= 0.6 is 0 Å². The van der Waals surface area contributed by atoms with E-state index in [-0.39, 0.29) is 12.5 Å². The molecule has 14 nitrogen and oxygen atoms in total. The number of rotatable bonds is 34. The zero-order chi connectivity index (χ0) is 42.5. The van der Waals surface area contributed by atoms with Gasteiger partial charge in [-0.3, -0.25) is 4.79 Å². The van der Waals surface area contributed by atoms with Gasteiger partial charge in [0.15, 0.2) is 12.6 Å². The van der Waals surface area contributed by atoms with Crippen LogP contribution in [0.3, 0.4) is 0 Å². The number of amides is 1. The zero-order valence-corrected chi connectivity index (χ0v) is 35.8. The lowest BCUT2D eigenvalue weighted by Crippen LogP contribution is -2.65. The van der Waals surface area contributed by atoms with Crippen LogP contribution in [0.15, 0.2) is 12.2 Å². The number of ether oxygens (including phenoxy) is 4. The van der Waals surface area contributed by atoms with Crippen molar-refractivity contribution in [2.75, 3.05) is 19.8 Å². The third-order valence-electron chi connectivity index (χ3n) is 11.5. The molecule has 14 heteroatoms. The lowest BCUT2D eigenvalue weighted by molar-refractivity contribution is -0.359. The number of nitrogens with one attached hydrogen (secondary N) is 1. The fraction of sp³-hybridized carbons (Fsp3) is 0.932. The van der Waals surface area contributed by atoms with Gasteiger partial charge in [-0.05, 0) is 38.5 Å². The summed E-state index contributed by atoms with van der Waals surface area (Å²) in [6.07, 6.45) is 14.2. The van der Waals surface area contributed by atoms with Crippen LogP contribution < -0.4 is 5.32 Å². The van der Waals surface area contributed by atoms with Gasteiger partial charge in [-0.25, -0.2) is 0 Å². The maximum atomic E-state index is 13.0. The number of allylic oxidation sites excluding steroid dienone is 2. The highest BCUT2D eigenvalue weighted by Gasteiger charge is 2.51. The second-order valence-electron chi connectivity index (χ2n) is 16.5. The van der Waals surface area contributed by atoms with E-state index in [1.165, 1.54) is 83.5 Å². The summed E-state index contributed by atoms with van der Waals surface area (Å²) >= 11 is 0. The molecule has 2 rings (SSSR count). The predicted octanol–water partition coefficient (Wildman–Crippen LogP) is 4.43. The van der Waals surface area contributed by atoms with Crippen LogP contribution in [0.5, 0.6) is 0 Å². The molecule has 0 aromatic rings. The van der Waals surface area contributed by atoms with Crippen LogP contribution in [0.1, 0.15) is 168 Å². The van der Waals surface area contributed by atoms with E-state index in [4.69, 9.17) is 18.9 Å². The summed E-state index contributed by atoms with van der Waals surface area (Å²) in [5.74, 6) is -0.217. The maximum absolute atomic E-state index is 13.0. The van der Waals surface area contributed by atoms with E-state index in [0.717, 1.165) is 57.8 Å². The molecule has 342 valence electrons. The third-order valence-corrected chi connectivity index (χ3v) is 11.5. The molecule has 2 saturated heterocycles. The molecule has 0 saturated carbocycles. The molecule has 2 aliphatic rings. The lowest BCUT2D eigenvalue weighted by atomic mass is 9.97. The van der Waals surface area contributed by atoms with Gasteiger partial charge in [0.2, 0.25) is 5.91 Å². The molecule has 58 heavy (non-hydrogen) atoms. The van der Waals surface area contributed by atoms with Gasteiger partial charge >= 0.3 is 0 Å². The topological polar surface area (TPSA) is 228 Å². The minimum absolute atomic E-state index is 0.217. The van der Waals surface area contributed by atoms with Crippen LogP contribution in [0.4, 0.5) is 0 Å². The summed E-state index contributed by atoms with van der Waals surface area (Å²) < 4.78 is 22.6. The van der Waals surface area contributed by atoms with Crippen LogP contribution in [0.2, 0.25) is 0 Å². The van der Waals surface area contributed by atoms with Crippen LogP contribution in [0, 0.1) is 0 Å². The molecule has 9 N–H and O–H groups in total. The van der Waals surface area contributed by atoms with Gasteiger partial charge < -0.3 is 65.1 Å². The Labute approximate surface area is 348 Å². The molecule has 12 atom stereocenters. The van der Waals surface area contributed by atoms with Crippen LogP contribution in [0.25, 0.3) is 0 Å². The highest BCUT2D eigenvalue weighted by molar-refractivity contribution is 5.76. The van der Waals surface area contributed by atoms with E-state index < -0.39 is 86.8 Å². The van der Waals surface area contributed by atoms with Crippen molar-refractivity contribution < 1.29 is 64.6 Å². The molecule has 2 aliphatic heterocycles. The number of carbonyl (C=O) groups is 1. The maximum Gasteiger partial charge on any atom is 0.220 e. The first-order chi connectivity index (χ1) is 28.1. The van der Waals surface area contributed by atoms with Crippen molar-refractivity contribution in [1.29, 1.82) is 0 Å². The molecular weight excluding hydrogens is 750 g/mol. The first-order valence-corrected chi connectivity index (χ1v) is 22.9. The summed E-state index contributed by atoms with van der Waals surface area (Å²) in [6.45, 7) is 2.73. The molecule has 2 heterocycles. The van der Waals surface area contributed by atoms with E-state index >= 15 is 0 Å². The summed E-state index contributed by atoms with van der Waals surface area (Å²) in [5, 5.41) is 86.1. The van der Waals surface area contributed by atoms with Crippen molar-refractivity contribution in [3.63, 3.8) is 0 Å². The second kappa shape index (κ2) is 32.4. The standard InChI is InChI=1S/C44H83NO13/c1-3-5-7-9-10-11-12-13-14-15-16-17-18-19-20-21-22-24-26-28-36(49)45-32(33(48)27-25-23-8-6-4-2)31-55-43-41(54)39(52)42(35(30-47)57-43)58-44-40(53)38(51)37(50)34(29-46)56-44/h13-14,32-35,37-44,46-48,50-54H,3-12,15-31H2,1-2H3,(H,45,49)/b14-13-. The van der Waals surface area contributed by atoms with Crippen molar-refractivity contribution in [1.82, 2.24) is 5.32 Å². The van der Waals surface area contributed by atoms with Crippen molar-refractivity contribution in [2.24, 2.45) is 0 Å². The number of hydrogen-bond donors (Lipinski definition) is 9. The first kappa shape index (κ1) is 52.9. The van der Waals surface area contributed by atoms with Crippen LogP contribution in [-0.2, 0) is 23.7 Å². The molecule has 0 aromatic heterocycles. The van der Waals surface area contributed by atoms with Crippen LogP contribution in [-0.4, -0.2) is 140 Å². The fourth-order valence-corrected chi connectivity index (χ4v) is 7.64. The van der Waals surface area contributed by atoms with E-state index in [2.05, 4.69) is 31.3 Å². The average molecular weight is 834 g/mol. The summed E-state index contributed by atoms with van der Waals surface area (Å²) in [4.78, 5) is 13.0. The smallest absolute Gasteiger partial charge is 0.220 e. The zero-order valence-electron chi connectivity index (χ0n) is 35.8. The Morgan fingerprint density at radius 2 is 1.09 bits per heavy atom. The Kier molecular flexibility index (Phi) is 29.6. The molecule has 0 bridgehead atoms. The molecule has 12 unspecified atom stereocenters. The van der Waals surface area contributed by atoms with Gasteiger partial charge in [-0.15, -0.1) is 0 Å². The number of aliphatic hydroxyl groups is 8. The molecular formula is C44H83NO13. The van der Waals surface area contributed by atoms with Gasteiger partial charge in [-0.2, -0.15) is 0 Å². The van der Waals surface area contributed by atoms with Gasteiger partial charge in [0.05, 0.1) is 32.0 Å². The van der Waals surface area contributed by atoms with Crippen molar-refractivity contribution in [3.8, 4) is 0 Å². The molecule has 1 amide bonds. The third kappa shape index (κ3) is 20.5. The van der Waals surface area contributed by atoms with Crippen molar-refractivity contribution in [2.45, 2.75) is 242 Å². The summed E-state index contributed by atoms with van der Waals surface area (Å²) in [7, 11) is 0. The van der Waals surface area contributed by atoms with E-state index in [0.29, 0.717) is 12.8 Å². The van der Waals surface area contributed by atoms with Crippen molar-refractivity contribution in [3.05, 3.63) is 12.2 Å². The van der Waals surface area contributed by atoms with E-state index in [9.17, 15) is 45.6 Å². The SMILES string of the molecule is CCCCCCCC/C=C\CCCCCCCCCCCC(=O)NC(COC1OC(CO)C(OC2OC(CO)C(O)C(O)C2O)C(O)C1O)C(O)CCCCCCC. The molecule has 0 radical (unpaired) electrons.